The highest BCUT2D eigenvalue weighted by Crippen LogP contribution is 2.24. The first-order chi connectivity index (χ1) is 7.66. The molecule has 0 aliphatic carbocycles. The van der Waals surface area contributed by atoms with Crippen molar-refractivity contribution < 1.29 is 0 Å². The fourth-order valence-electron chi connectivity index (χ4n) is 1.40. The van der Waals surface area contributed by atoms with Gasteiger partial charge in [-0.15, -0.1) is 0 Å². The number of hydrogen-bond donors (Lipinski definition) is 2. The summed E-state index contributed by atoms with van der Waals surface area (Å²) < 4.78 is 0. The van der Waals surface area contributed by atoms with E-state index < -0.39 is 0 Å². The van der Waals surface area contributed by atoms with Crippen LogP contribution in [0.3, 0.4) is 0 Å². The van der Waals surface area contributed by atoms with E-state index >= 15 is 0 Å². The van der Waals surface area contributed by atoms with Crippen molar-refractivity contribution in [2.45, 2.75) is 6.92 Å². The molecule has 2 aromatic rings. The quantitative estimate of drug-likeness (QED) is 0.836. The van der Waals surface area contributed by atoms with E-state index in [-0.39, 0.29) is 0 Å². The minimum Gasteiger partial charge on any atom is -0.396 e. The Morgan fingerprint density at radius 1 is 1.31 bits per heavy atom. The normalized spacial score (nSPS) is 10.1. The molecule has 0 spiro atoms. The molecule has 1 aromatic carbocycles. The number of aromatic nitrogens is 1. The number of hydrogen-bond acceptors (Lipinski definition) is 3. The molecule has 3 nitrogen and oxygen atoms in total. The van der Waals surface area contributed by atoms with Crippen LogP contribution in [-0.4, -0.2) is 4.98 Å². The molecular formula is C12H12ClN3. The zero-order chi connectivity index (χ0) is 11.5. The molecule has 0 saturated carbocycles. The molecule has 16 heavy (non-hydrogen) atoms. The second-order valence-electron chi connectivity index (χ2n) is 3.53. The second kappa shape index (κ2) is 4.41. The van der Waals surface area contributed by atoms with Gasteiger partial charge in [-0.1, -0.05) is 29.8 Å². The minimum absolute atomic E-state index is 0.535. The Kier molecular flexibility index (Phi) is 2.97. The first kappa shape index (κ1) is 10.8. The lowest BCUT2D eigenvalue weighted by molar-refractivity contribution is 1.30. The number of halogens is 1. The van der Waals surface area contributed by atoms with Crippen LogP contribution in [0.1, 0.15) is 5.56 Å². The standard InChI is InChI=1S/C12H12ClN3/c1-8-4-2-3-5-11(8)16-12-10(14)6-9(13)7-15-12/h2-7H,14H2,1H3,(H,15,16). The van der Waals surface area contributed by atoms with Crippen LogP contribution >= 0.6 is 11.6 Å². The van der Waals surface area contributed by atoms with Gasteiger partial charge >= 0.3 is 0 Å². The lowest BCUT2D eigenvalue weighted by atomic mass is 10.2. The maximum Gasteiger partial charge on any atom is 0.153 e. The molecule has 1 heterocycles. The molecule has 2 rings (SSSR count). The fourth-order valence-corrected chi connectivity index (χ4v) is 1.57. The molecule has 0 atom stereocenters. The summed E-state index contributed by atoms with van der Waals surface area (Å²) in [4.78, 5) is 4.15. The number of aryl methyl sites for hydroxylation is 1. The molecule has 82 valence electrons. The third-order valence-corrected chi connectivity index (χ3v) is 2.49. The van der Waals surface area contributed by atoms with Gasteiger partial charge in [-0.05, 0) is 24.6 Å². The number of anilines is 3. The summed E-state index contributed by atoms with van der Waals surface area (Å²) in [5.41, 5.74) is 8.48. The number of nitrogen functional groups attached to an aromatic ring is 1. The Bertz CT molecular complexity index is 511. The van der Waals surface area contributed by atoms with Gasteiger partial charge in [-0.25, -0.2) is 4.98 Å². The summed E-state index contributed by atoms with van der Waals surface area (Å²) in [6.45, 7) is 2.02. The molecule has 3 N–H and O–H groups in total. The van der Waals surface area contributed by atoms with E-state index in [0.29, 0.717) is 16.5 Å². The summed E-state index contributed by atoms with van der Waals surface area (Å²) >= 11 is 5.78. The van der Waals surface area contributed by atoms with Crippen LogP contribution in [0.2, 0.25) is 5.02 Å². The number of nitrogens with two attached hydrogens (primary N) is 1. The van der Waals surface area contributed by atoms with Crippen molar-refractivity contribution >= 4 is 28.8 Å². The summed E-state index contributed by atoms with van der Waals surface area (Å²) in [6, 6.07) is 9.62. The minimum atomic E-state index is 0.535. The van der Waals surface area contributed by atoms with Gasteiger partial charge in [0, 0.05) is 11.9 Å². The van der Waals surface area contributed by atoms with E-state index in [1.807, 2.05) is 31.2 Å². The maximum atomic E-state index is 5.81. The molecule has 0 saturated heterocycles. The van der Waals surface area contributed by atoms with Crippen molar-refractivity contribution in [3.8, 4) is 0 Å². The predicted molar refractivity (Wildman–Crippen MR) is 68.1 cm³/mol. The fraction of sp³-hybridized carbons (Fsp3) is 0.0833. The highest BCUT2D eigenvalue weighted by Gasteiger charge is 2.03. The van der Waals surface area contributed by atoms with Crippen LogP contribution in [0.4, 0.5) is 17.2 Å². The summed E-state index contributed by atoms with van der Waals surface area (Å²) in [5.74, 6) is 0.624. The van der Waals surface area contributed by atoms with Gasteiger partial charge in [0.2, 0.25) is 0 Å². The van der Waals surface area contributed by atoms with Gasteiger partial charge in [0.05, 0.1) is 10.7 Å². The topological polar surface area (TPSA) is 50.9 Å². The number of benzene rings is 1. The van der Waals surface area contributed by atoms with Crippen LogP contribution in [-0.2, 0) is 0 Å². The van der Waals surface area contributed by atoms with Crippen molar-refractivity contribution in [2.24, 2.45) is 0 Å². The average Bonchev–Trinajstić information content (AvgIpc) is 2.25. The highest BCUT2D eigenvalue weighted by atomic mass is 35.5. The van der Waals surface area contributed by atoms with Gasteiger partial charge in [0.25, 0.3) is 0 Å². The van der Waals surface area contributed by atoms with Crippen LogP contribution < -0.4 is 11.1 Å². The van der Waals surface area contributed by atoms with Gasteiger partial charge in [-0.3, -0.25) is 0 Å². The molecule has 0 unspecified atom stereocenters. The van der Waals surface area contributed by atoms with Crippen LogP contribution in [0, 0.1) is 6.92 Å². The first-order valence-electron chi connectivity index (χ1n) is 4.90. The largest absolute Gasteiger partial charge is 0.396 e. The number of nitrogens with zero attached hydrogens (tertiary/aromatic N) is 1. The summed E-state index contributed by atoms with van der Waals surface area (Å²) in [7, 11) is 0. The van der Waals surface area contributed by atoms with Crippen molar-refractivity contribution in [3.63, 3.8) is 0 Å². The second-order valence-corrected chi connectivity index (χ2v) is 3.97. The van der Waals surface area contributed by atoms with Crippen molar-refractivity contribution in [1.82, 2.24) is 4.98 Å². The molecular weight excluding hydrogens is 222 g/mol. The lowest BCUT2D eigenvalue weighted by Gasteiger charge is -2.10. The number of rotatable bonds is 2. The molecule has 0 bridgehead atoms. The van der Waals surface area contributed by atoms with E-state index in [9.17, 15) is 0 Å². The van der Waals surface area contributed by atoms with E-state index in [0.717, 1.165) is 11.3 Å². The Morgan fingerprint density at radius 3 is 2.75 bits per heavy atom. The van der Waals surface area contributed by atoms with Gasteiger partial charge in [-0.2, -0.15) is 0 Å². The number of pyridine rings is 1. The zero-order valence-corrected chi connectivity index (χ0v) is 9.62. The van der Waals surface area contributed by atoms with Crippen molar-refractivity contribution in [2.75, 3.05) is 11.1 Å². The maximum absolute atomic E-state index is 5.81. The molecule has 0 aliphatic rings. The van der Waals surface area contributed by atoms with Crippen LogP contribution in [0.5, 0.6) is 0 Å². The Labute approximate surface area is 99.3 Å². The van der Waals surface area contributed by atoms with E-state index in [1.54, 1.807) is 12.3 Å². The molecule has 0 fully saturated rings. The molecule has 0 radical (unpaired) electrons. The van der Waals surface area contributed by atoms with E-state index in [4.69, 9.17) is 17.3 Å². The van der Waals surface area contributed by atoms with Gasteiger partial charge < -0.3 is 11.1 Å². The third kappa shape index (κ3) is 2.25. The number of para-hydroxylation sites is 1. The van der Waals surface area contributed by atoms with Crippen molar-refractivity contribution in [3.05, 3.63) is 47.1 Å². The van der Waals surface area contributed by atoms with E-state index in [2.05, 4.69) is 10.3 Å². The van der Waals surface area contributed by atoms with Crippen LogP contribution in [0.25, 0.3) is 0 Å². The third-order valence-electron chi connectivity index (χ3n) is 2.28. The smallest absolute Gasteiger partial charge is 0.153 e. The summed E-state index contributed by atoms with van der Waals surface area (Å²) in [6.07, 6.45) is 1.57. The Morgan fingerprint density at radius 2 is 2.06 bits per heavy atom. The van der Waals surface area contributed by atoms with Crippen LogP contribution in [0.15, 0.2) is 36.5 Å². The number of nitrogens with one attached hydrogen (secondary N) is 1. The molecule has 0 aliphatic heterocycles. The SMILES string of the molecule is Cc1ccccc1Nc1ncc(Cl)cc1N. The monoisotopic (exact) mass is 233 g/mol. The Hall–Kier alpha value is -1.74. The van der Waals surface area contributed by atoms with E-state index in [1.165, 1.54) is 0 Å². The molecule has 0 amide bonds. The Balaban J connectivity index is 2.31. The average molecular weight is 234 g/mol. The predicted octanol–water partition coefficient (Wildman–Crippen LogP) is 3.37. The highest BCUT2D eigenvalue weighted by molar-refractivity contribution is 6.30. The molecule has 1 aromatic heterocycles. The van der Waals surface area contributed by atoms with Gasteiger partial charge in [0.1, 0.15) is 0 Å². The lowest BCUT2D eigenvalue weighted by Crippen LogP contribution is -2.00. The molecule has 4 heteroatoms. The summed E-state index contributed by atoms with van der Waals surface area (Å²) in [5, 5.41) is 3.71. The van der Waals surface area contributed by atoms with Gasteiger partial charge in [0.15, 0.2) is 5.82 Å². The van der Waals surface area contributed by atoms with Crippen molar-refractivity contribution in [1.29, 1.82) is 0 Å². The zero-order valence-electron chi connectivity index (χ0n) is 8.87. The first-order valence-corrected chi connectivity index (χ1v) is 5.28.